The fraction of sp³-hybridized carbons (Fsp3) is 0.300. The first kappa shape index (κ1) is 19.6. The SMILES string of the molecule is COc1ccc(C(=O)N2CCN(C(=O)c3cccc(OC(F)F)c3)CC2)cc1. The minimum Gasteiger partial charge on any atom is -0.497 e. The zero-order chi connectivity index (χ0) is 20.1. The van der Waals surface area contributed by atoms with Crippen molar-refractivity contribution in [3.8, 4) is 11.5 Å². The summed E-state index contributed by atoms with van der Waals surface area (Å²) in [4.78, 5) is 28.5. The highest BCUT2D eigenvalue weighted by Gasteiger charge is 2.25. The van der Waals surface area contributed by atoms with Crippen molar-refractivity contribution in [2.24, 2.45) is 0 Å². The fourth-order valence-corrected chi connectivity index (χ4v) is 3.02. The van der Waals surface area contributed by atoms with Crippen molar-refractivity contribution in [1.82, 2.24) is 9.80 Å². The van der Waals surface area contributed by atoms with Gasteiger partial charge in [-0.15, -0.1) is 0 Å². The highest BCUT2D eigenvalue weighted by atomic mass is 19.3. The number of ether oxygens (including phenoxy) is 2. The van der Waals surface area contributed by atoms with Crippen molar-refractivity contribution < 1.29 is 27.8 Å². The lowest BCUT2D eigenvalue weighted by Crippen LogP contribution is -2.50. The van der Waals surface area contributed by atoms with Crippen LogP contribution in [0.5, 0.6) is 11.5 Å². The van der Waals surface area contributed by atoms with Crippen LogP contribution in [0.25, 0.3) is 0 Å². The third-order valence-corrected chi connectivity index (χ3v) is 4.50. The molecule has 1 heterocycles. The van der Waals surface area contributed by atoms with Gasteiger partial charge in [0, 0.05) is 37.3 Å². The van der Waals surface area contributed by atoms with Crippen molar-refractivity contribution in [3.05, 3.63) is 59.7 Å². The van der Waals surface area contributed by atoms with Gasteiger partial charge in [-0.25, -0.2) is 0 Å². The first-order valence-corrected chi connectivity index (χ1v) is 8.75. The van der Waals surface area contributed by atoms with Crippen molar-refractivity contribution in [3.63, 3.8) is 0 Å². The van der Waals surface area contributed by atoms with Crippen LogP contribution in [0.2, 0.25) is 0 Å². The number of hydrogen-bond acceptors (Lipinski definition) is 4. The molecule has 2 amide bonds. The average molecular weight is 390 g/mol. The summed E-state index contributed by atoms with van der Waals surface area (Å²) in [7, 11) is 1.56. The largest absolute Gasteiger partial charge is 0.497 e. The molecule has 0 atom stereocenters. The molecule has 148 valence electrons. The monoisotopic (exact) mass is 390 g/mol. The molecule has 2 aromatic carbocycles. The van der Waals surface area contributed by atoms with E-state index in [0.29, 0.717) is 37.5 Å². The Hall–Kier alpha value is -3.16. The molecule has 2 aromatic rings. The van der Waals surface area contributed by atoms with E-state index in [4.69, 9.17) is 4.74 Å². The van der Waals surface area contributed by atoms with E-state index < -0.39 is 6.61 Å². The van der Waals surface area contributed by atoms with Gasteiger partial charge in [-0.2, -0.15) is 8.78 Å². The second-order valence-electron chi connectivity index (χ2n) is 6.22. The average Bonchev–Trinajstić information content (AvgIpc) is 2.72. The Morgan fingerprint density at radius 3 is 1.96 bits per heavy atom. The molecule has 0 N–H and O–H groups in total. The van der Waals surface area contributed by atoms with Crippen molar-refractivity contribution >= 4 is 11.8 Å². The maximum atomic E-state index is 12.6. The molecule has 1 saturated heterocycles. The molecule has 1 aliphatic rings. The van der Waals surface area contributed by atoms with E-state index in [9.17, 15) is 18.4 Å². The third-order valence-electron chi connectivity index (χ3n) is 4.50. The second kappa shape index (κ2) is 8.69. The molecular formula is C20H20F2N2O4. The van der Waals surface area contributed by atoms with Crippen LogP contribution in [0.1, 0.15) is 20.7 Å². The summed E-state index contributed by atoms with van der Waals surface area (Å²) in [6.45, 7) is -1.44. The number of carbonyl (C=O) groups excluding carboxylic acids is 2. The normalized spacial score (nSPS) is 14.1. The maximum Gasteiger partial charge on any atom is 0.387 e. The van der Waals surface area contributed by atoms with Crippen molar-refractivity contribution in [1.29, 1.82) is 0 Å². The molecule has 1 fully saturated rings. The summed E-state index contributed by atoms with van der Waals surface area (Å²) < 4.78 is 34.1. The van der Waals surface area contributed by atoms with Gasteiger partial charge in [-0.3, -0.25) is 9.59 Å². The highest BCUT2D eigenvalue weighted by Crippen LogP contribution is 2.19. The molecule has 0 spiro atoms. The van der Waals surface area contributed by atoms with Gasteiger partial charge in [0.2, 0.25) is 0 Å². The first-order chi connectivity index (χ1) is 13.5. The molecule has 8 heteroatoms. The Morgan fingerprint density at radius 2 is 1.43 bits per heavy atom. The number of carbonyl (C=O) groups is 2. The lowest BCUT2D eigenvalue weighted by Gasteiger charge is -2.35. The van der Waals surface area contributed by atoms with E-state index in [2.05, 4.69) is 4.74 Å². The zero-order valence-electron chi connectivity index (χ0n) is 15.3. The van der Waals surface area contributed by atoms with Crippen LogP contribution in [0.3, 0.4) is 0 Å². The van der Waals surface area contributed by atoms with Crippen LogP contribution < -0.4 is 9.47 Å². The molecule has 3 rings (SSSR count). The number of halogens is 2. The standard InChI is InChI=1S/C20H20F2N2O4/c1-27-16-7-5-14(6-8-16)18(25)23-9-11-24(12-10-23)19(26)15-3-2-4-17(13-15)28-20(21)22/h2-8,13,20H,9-12H2,1H3. The molecule has 1 aliphatic heterocycles. The van der Waals surface area contributed by atoms with E-state index in [-0.39, 0.29) is 23.1 Å². The van der Waals surface area contributed by atoms with Crippen LogP contribution in [0.4, 0.5) is 8.78 Å². The maximum absolute atomic E-state index is 12.6. The smallest absolute Gasteiger partial charge is 0.387 e. The number of nitrogens with zero attached hydrogens (tertiary/aromatic N) is 2. The Morgan fingerprint density at radius 1 is 0.857 bits per heavy atom. The minimum atomic E-state index is -2.95. The zero-order valence-corrected chi connectivity index (χ0v) is 15.3. The summed E-state index contributed by atoms with van der Waals surface area (Å²) in [6.07, 6.45) is 0. The topological polar surface area (TPSA) is 59.1 Å². The van der Waals surface area contributed by atoms with Gasteiger partial charge in [-0.1, -0.05) is 6.07 Å². The number of amides is 2. The number of piperazine rings is 1. The van der Waals surface area contributed by atoms with Crippen LogP contribution >= 0.6 is 0 Å². The molecule has 0 aromatic heterocycles. The molecule has 0 bridgehead atoms. The molecule has 6 nitrogen and oxygen atoms in total. The van der Waals surface area contributed by atoms with Crippen LogP contribution in [-0.2, 0) is 0 Å². The van der Waals surface area contributed by atoms with Gasteiger partial charge in [-0.05, 0) is 42.5 Å². The molecule has 0 saturated carbocycles. The molecule has 0 unspecified atom stereocenters. The Bertz CT molecular complexity index is 834. The van der Waals surface area contributed by atoms with Gasteiger partial charge in [0.15, 0.2) is 0 Å². The first-order valence-electron chi connectivity index (χ1n) is 8.75. The van der Waals surface area contributed by atoms with E-state index in [0.717, 1.165) is 0 Å². The van der Waals surface area contributed by atoms with E-state index in [1.165, 1.54) is 18.2 Å². The van der Waals surface area contributed by atoms with Gasteiger partial charge in [0.25, 0.3) is 11.8 Å². The van der Waals surface area contributed by atoms with Gasteiger partial charge >= 0.3 is 6.61 Å². The number of hydrogen-bond donors (Lipinski definition) is 0. The van der Waals surface area contributed by atoms with Crippen LogP contribution in [-0.4, -0.2) is 61.5 Å². The number of rotatable bonds is 5. The number of benzene rings is 2. The molecule has 28 heavy (non-hydrogen) atoms. The fourth-order valence-electron chi connectivity index (χ4n) is 3.02. The van der Waals surface area contributed by atoms with Crippen LogP contribution in [0, 0.1) is 0 Å². The predicted octanol–water partition coefficient (Wildman–Crippen LogP) is 2.89. The quantitative estimate of drug-likeness (QED) is 0.788. The van der Waals surface area contributed by atoms with Gasteiger partial charge < -0.3 is 19.3 Å². The lowest BCUT2D eigenvalue weighted by atomic mass is 10.1. The van der Waals surface area contributed by atoms with E-state index in [1.807, 2.05) is 0 Å². The van der Waals surface area contributed by atoms with E-state index in [1.54, 1.807) is 47.2 Å². The van der Waals surface area contributed by atoms with Crippen LogP contribution in [0.15, 0.2) is 48.5 Å². The number of alkyl halides is 2. The summed E-state index contributed by atoms with van der Waals surface area (Å²) in [5.74, 6) is 0.220. The molecular weight excluding hydrogens is 370 g/mol. The van der Waals surface area contributed by atoms with Gasteiger partial charge in [0.1, 0.15) is 11.5 Å². The Labute approximate surface area is 161 Å². The number of methoxy groups -OCH3 is 1. The summed E-state index contributed by atoms with van der Waals surface area (Å²) in [5, 5.41) is 0. The highest BCUT2D eigenvalue weighted by molar-refractivity contribution is 5.96. The Kier molecular flexibility index (Phi) is 6.08. The third kappa shape index (κ3) is 4.57. The predicted molar refractivity (Wildman–Crippen MR) is 97.9 cm³/mol. The van der Waals surface area contributed by atoms with Gasteiger partial charge in [0.05, 0.1) is 7.11 Å². The summed E-state index contributed by atoms with van der Waals surface area (Å²) in [6, 6.07) is 12.6. The minimum absolute atomic E-state index is 0.0610. The van der Waals surface area contributed by atoms with Crippen molar-refractivity contribution in [2.75, 3.05) is 33.3 Å². The Balaban J connectivity index is 1.60. The lowest BCUT2D eigenvalue weighted by molar-refractivity contribution is -0.0499. The summed E-state index contributed by atoms with van der Waals surface area (Å²) in [5.41, 5.74) is 0.825. The molecule has 0 radical (unpaired) electrons. The molecule has 0 aliphatic carbocycles. The summed E-state index contributed by atoms with van der Waals surface area (Å²) >= 11 is 0. The van der Waals surface area contributed by atoms with Crippen molar-refractivity contribution in [2.45, 2.75) is 6.61 Å². The van der Waals surface area contributed by atoms with E-state index >= 15 is 0 Å². The second-order valence-corrected chi connectivity index (χ2v) is 6.22.